The van der Waals surface area contributed by atoms with Crippen LogP contribution in [0.2, 0.25) is 5.02 Å². The van der Waals surface area contributed by atoms with Crippen molar-refractivity contribution in [3.8, 4) is 0 Å². The summed E-state index contributed by atoms with van der Waals surface area (Å²) in [6, 6.07) is 13.4. The Balaban J connectivity index is 1.90. The van der Waals surface area contributed by atoms with Gasteiger partial charge in [0.05, 0.1) is 4.92 Å². The van der Waals surface area contributed by atoms with Gasteiger partial charge in [-0.25, -0.2) is 0 Å². The Morgan fingerprint density at radius 1 is 1.30 bits per heavy atom. The van der Waals surface area contributed by atoms with Gasteiger partial charge >= 0.3 is 0 Å². The standard InChI is InChI=1S/C16H16ClN3O3/c1-11(12-4-2-5-13(17)8-12)18-10-16(21)19-14-6-3-7-15(9-14)20(22)23/h2-9,11,18H,10H2,1H3,(H,19,21)/p+1/t11-/m1/s1. The van der Waals surface area contributed by atoms with Gasteiger partial charge in [-0.3, -0.25) is 14.9 Å². The molecule has 2 aromatic carbocycles. The first-order valence-electron chi connectivity index (χ1n) is 7.09. The molecule has 0 bridgehead atoms. The van der Waals surface area contributed by atoms with Crippen molar-refractivity contribution in [2.24, 2.45) is 0 Å². The van der Waals surface area contributed by atoms with E-state index in [4.69, 9.17) is 11.6 Å². The zero-order valence-electron chi connectivity index (χ0n) is 12.5. The van der Waals surface area contributed by atoms with E-state index in [-0.39, 0.29) is 24.2 Å². The molecule has 0 saturated heterocycles. The lowest BCUT2D eigenvalue weighted by molar-refractivity contribution is -0.682. The molecule has 3 N–H and O–H groups in total. The Morgan fingerprint density at radius 2 is 2.04 bits per heavy atom. The van der Waals surface area contributed by atoms with E-state index in [1.165, 1.54) is 18.2 Å². The number of carbonyl (C=O) groups is 1. The molecule has 7 heteroatoms. The van der Waals surface area contributed by atoms with Gasteiger partial charge in [-0.1, -0.05) is 29.8 Å². The molecule has 0 unspecified atom stereocenters. The highest BCUT2D eigenvalue weighted by Crippen LogP contribution is 2.17. The third kappa shape index (κ3) is 5.05. The normalized spacial score (nSPS) is 11.7. The Hall–Kier alpha value is -2.44. The van der Waals surface area contributed by atoms with Gasteiger partial charge in [-0.15, -0.1) is 0 Å². The highest BCUT2D eigenvalue weighted by Gasteiger charge is 2.13. The van der Waals surface area contributed by atoms with E-state index >= 15 is 0 Å². The van der Waals surface area contributed by atoms with Crippen molar-refractivity contribution < 1.29 is 15.0 Å². The average molecular weight is 335 g/mol. The first-order chi connectivity index (χ1) is 11.0. The molecule has 23 heavy (non-hydrogen) atoms. The molecule has 0 spiro atoms. The van der Waals surface area contributed by atoms with Gasteiger partial charge in [0, 0.05) is 28.4 Å². The third-order valence-electron chi connectivity index (χ3n) is 3.37. The Labute approximate surface area is 138 Å². The molecule has 2 rings (SSSR count). The van der Waals surface area contributed by atoms with Crippen LogP contribution in [0.4, 0.5) is 11.4 Å². The topological polar surface area (TPSA) is 88.8 Å². The monoisotopic (exact) mass is 334 g/mol. The number of amides is 1. The fourth-order valence-corrected chi connectivity index (χ4v) is 2.32. The van der Waals surface area contributed by atoms with Crippen LogP contribution in [-0.4, -0.2) is 17.4 Å². The SMILES string of the molecule is C[C@@H]([NH2+]CC(=O)Nc1cccc([N+](=O)[O-])c1)c1cccc(Cl)c1. The Bertz CT molecular complexity index is 721. The highest BCUT2D eigenvalue weighted by molar-refractivity contribution is 6.30. The maximum absolute atomic E-state index is 12.0. The molecule has 120 valence electrons. The summed E-state index contributed by atoms with van der Waals surface area (Å²) in [5.74, 6) is -0.223. The zero-order chi connectivity index (χ0) is 16.8. The van der Waals surface area contributed by atoms with Crippen LogP contribution in [0.1, 0.15) is 18.5 Å². The first-order valence-corrected chi connectivity index (χ1v) is 7.46. The molecule has 0 saturated carbocycles. The second kappa shape index (κ2) is 7.71. The van der Waals surface area contributed by atoms with Crippen LogP contribution in [0.15, 0.2) is 48.5 Å². The minimum atomic E-state index is -0.497. The van der Waals surface area contributed by atoms with Gasteiger partial charge in [0.15, 0.2) is 6.54 Å². The fraction of sp³-hybridized carbons (Fsp3) is 0.188. The van der Waals surface area contributed by atoms with Crippen molar-refractivity contribution in [3.63, 3.8) is 0 Å². The van der Waals surface area contributed by atoms with E-state index < -0.39 is 4.92 Å². The van der Waals surface area contributed by atoms with Crippen LogP contribution in [-0.2, 0) is 4.79 Å². The van der Waals surface area contributed by atoms with E-state index in [1.807, 2.05) is 30.4 Å². The number of nitrogens with one attached hydrogen (secondary N) is 1. The molecule has 0 aliphatic rings. The maximum atomic E-state index is 12.0. The third-order valence-corrected chi connectivity index (χ3v) is 3.61. The van der Waals surface area contributed by atoms with Crippen molar-refractivity contribution in [2.75, 3.05) is 11.9 Å². The van der Waals surface area contributed by atoms with Gasteiger partial charge < -0.3 is 10.6 Å². The number of hydrogen-bond donors (Lipinski definition) is 2. The van der Waals surface area contributed by atoms with E-state index in [0.717, 1.165) is 5.56 Å². The predicted molar refractivity (Wildman–Crippen MR) is 88.4 cm³/mol. The van der Waals surface area contributed by atoms with Gasteiger partial charge in [0.2, 0.25) is 0 Å². The number of non-ortho nitro benzene ring substituents is 1. The van der Waals surface area contributed by atoms with Gasteiger partial charge in [0.1, 0.15) is 6.04 Å². The number of nitro groups is 1. The largest absolute Gasteiger partial charge is 0.333 e. The number of nitrogens with two attached hydrogens (primary N) is 1. The molecule has 1 atom stereocenters. The molecule has 1 amide bonds. The molecule has 0 fully saturated rings. The van der Waals surface area contributed by atoms with E-state index in [0.29, 0.717) is 10.7 Å². The first kappa shape index (κ1) is 16.9. The molecule has 2 aromatic rings. The molecule has 0 aromatic heterocycles. The summed E-state index contributed by atoms with van der Waals surface area (Å²) in [6.45, 7) is 2.18. The number of hydrogen-bond acceptors (Lipinski definition) is 3. The van der Waals surface area contributed by atoms with Crippen LogP contribution in [0.3, 0.4) is 0 Å². The number of benzene rings is 2. The van der Waals surface area contributed by atoms with Gasteiger partial charge in [-0.05, 0) is 25.1 Å². The number of rotatable bonds is 6. The second-order valence-electron chi connectivity index (χ2n) is 5.14. The molecule has 0 aliphatic carbocycles. The quantitative estimate of drug-likeness (QED) is 0.628. The number of nitro benzene ring substituents is 1. The minimum Gasteiger partial charge on any atom is -0.333 e. The van der Waals surface area contributed by atoms with Crippen molar-refractivity contribution in [1.29, 1.82) is 0 Å². The van der Waals surface area contributed by atoms with Crippen molar-refractivity contribution in [3.05, 3.63) is 69.2 Å². The average Bonchev–Trinajstić information content (AvgIpc) is 2.53. The molecule has 6 nitrogen and oxygen atoms in total. The molecule has 0 heterocycles. The molecule has 0 radical (unpaired) electrons. The van der Waals surface area contributed by atoms with Crippen molar-refractivity contribution in [1.82, 2.24) is 0 Å². The predicted octanol–water partition coefficient (Wildman–Crippen LogP) is 2.51. The smallest absolute Gasteiger partial charge is 0.279 e. The lowest BCUT2D eigenvalue weighted by atomic mass is 10.1. The summed E-state index contributed by atoms with van der Waals surface area (Å²) in [4.78, 5) is 22.2. The van der Waals surface area contributed by atoms with E-state index in [9.17, 15) is 14.9 Å². The summed E-state index contributed by atoms with van der Waals surface area (Å²) in [6.07, 6.45) is 0. The number of quaternary nitrogens is 1. The minimum absolute atomic E-state index is 0.0564. The maximum Gasteiger partial charge on any atom is 0.279 e. The number of nitrogens with zero attached hydrogens (tertiary/aromatic N) is 1. The second-order valence-corrected chi connectivity index (χ2v) is 5.58. The van der Waals surface area contributed by atoms with Gasteiger partial charge in [-0.2, -0.15) is 0 Å². The van der Waals surface area contributed by atoms with Gasteiger partial charge in [0.25, 0.3) is 11.6 Å². The summed E-state index contributed by atoms with van der Waals surface area (Å²) >= 11 is 5.95. The zero-order valence-corrected chi connectivity index (χ0v) is 13.3. The highest BCUT2D eigenvalue weighted by atomic mass is 35.5. The van der Waals surface area contributed by atoms with E-state index in [1.54, 1.807) is 12.1 Å². The van der Waals surface area contributed by atoms with Crippen LogP contribution < -0.4 is 10.6 Å². The Morgan fingerprint density at radius 3 is 2.74 bits per heavy atom. The summed E-state index contributed by atoms with van der Waals surface area (Å²) in [5.41, 5.74) is 1.38. The number of anilines is 1. The lowest BCUT2D eigenvalue weighted by Crippen LogP contribution is -2.86. The van der Waals surface area contributed by atoms with E-state index in [2.05, 4.69) is 5.32 Å². The van der Waals surface area contributed by atoms with Crippen LogP contribution >= 0.6 is 11.6 Å². The van der Waals surface area contributed by atoms with Crippen molar-refractivity contribution >= 4 is 28.9 Å². The fourth-order valence-electron chi connectivity index (χ4n) is 2.12. The Kier molecular flexibility index (Phi) is 5.67. The van der Waals surface area contributed by atoms with Crippen LogP contribution in [0.5, 0.6) is 0 Å². The summed E-state index contributed by atoms with van der Waals surface area (Å²) < 4.78 is 0. The summed E-state index contributed by atoms with van der Waals surface area (Å²) in [5, 5.41) is 15.9. The number of halogens is 1. The molecular weight excluding hydrogens is 318 g/mol. The lowest BCUT2D eigenvalue weighted by Gasteiger charge is -2.11. The number of carbonyl (C=O) groups excluding carboxylic acids is 1. The van der Waals surface area contributed by atoms with Crippen LogP contribution in [0, 0.1) is 10.1 Å². The molecular formula is C16H17ClN3O3+. The van der Waals surface area contributed by atoms with Crippen LogP contribution in [0.25, 0.3) is 0 Å². The summed E-state index contributed by atoms with van der Waals surface area (Å²) in [7, 11) is 0. The molecule has 0 aliphatic heterocycles. The van der Waals surface area contributed by atoms with Crippen molar-refractivity contribution in [2.45, 2.75) is 13.0 Å².